The first-order chi connectivity index (χ1) is 29.3. The molecule has 0 saturated heterocycles. The van der Waals surface area contributed by atoms with E-state index in [9.17, 15) is 0 Å². The van der Waals surface area contributed by atoms with Crippen LogP contribution < -0.4 is 4.90 Å². The van der Waals surface area contributed by atoms with Gasteiger partial charge in [-0.05, 0) is 107 Å². The van der Waals surface area contributed by atoms with E-state index in [1.807, 2.05) is 0 Å². The number of anilines is 3. The Labute approximate surface area is 343 Å². The standard InChI is InChI=1S/C56H39N3/c1-6-18-41(19-7-1)55-51-38-43(32-36-54(51)59(46-26-14-5-15-27-46)56(55)42-20-8-2-9-21-42)40-30-33-47(34-31-40)57(44-22-10-3-11-23-44)48-35-37-53-50(39-48)49-28-16-17-29-52(49)58(53)45-24-12-4-13-25-45/h1-39H. The van der Waals surface area contributed by atoms with Crippen molar-refractivity contribution in [2.45, 2.75) is 0 Å². The highest BCUT2D eigenvalue weighted by Crippen LogP contribution is 2.45. The minimum absolute atomic E-state index is 1.10. The first-order valence-corrected chi connectivity index (χ1v) is 20.2. The van der Waals surface area contributed by atoms with Gasteiger partial charge in [-0.25, -0.2) is 0 Å². The summed E-state index contributed by atoms with van der Waals surface area (Å²) in [4.78, 5) is 2.36. The van der Waals surface area contributed by atoms with Crippen LogP contribution >= 0.6 is 0 Å². The fourth-order valence-electron chi connectivity index (χ4n) is 8.86. The Morgan fingerprint density at radius 3 is 1.42 bits per heavy atom. The Morgan fingerprint density at radius 1 is 0.271 bits per heavy atom. The number of hydrogen-bond donors (Lipinski definition) is 0. The van der Waals surface area contributed by atoms with Crippen LogP contribution in [-0.4, -0.2) is 9.13 Å². The highest BCUT2D eigenvalue weighted by molar-refractivity contribution is 6.11. The zero-order valence-corrected chi connectivity index (χ0v) is 32.4. The highest BCUT2D eigenvalue weighted by Gasteiger charge is 2.22. The molecule has 2 heterocycles. The third-order valence-corrected chi connectivity index (χ3v) is 11.5. The van der Waals surface area contributed by atoms with Crippen molar-refractivity contribution < 1.29 is 0 Å². The maximum Gasteiger partial charge on any atom is 0.0619 e. The summed E-state index contributed by atoms with van der Waals surface area (Å²) in [6, 6.07) is 85.2. The van der Waals surface area contributed by atoms with Crippen LogP contribution in [0, 0.1) is 0 Å². The SMILES string of the molecule is c1ccc(-c2c(-c3ccccc3)n(-c3ccccc3)c3ccc(-c4ccc(N(c5ccccc5)c5ccc6c(c5)c5ccccc5n6-c5ccccc5)cc4)cc23)cc1. The zero-order chi connectivity index (χ0) is 39.1. The second kappa shape index (κ2) is 14.6. The van der Waals surface area contributed by atoms with E-state index < -0.39 is 0 Å². The molecular formula is C56H39N3. The van der Waals surface area contributed by atoms with Crippen molar-refractivity contribution in [2.24, 2.45) is 0 Å². The van der Waals surface area contributed by atoms with E-state index in [1.54, 1.807) is 0 Å². The van der Waals surface area contributed by atoms with Gasteiger partial charge < -0.3 is 14.0 Å². The molecule has 0 fully saturated rings. The Hall–Kier alpha value is -7.88. The van der Waals surface area contributed by atoms with E-state index >= 15 is 0 Å². The quantitative estimate of drug-likeness (QED) is 0.151. The van der Waals surface area contributed by atoms with E-state index in [0.717, 1.165) is 34.0 Å². The summed E-state index contributed by atoms with van der Waals surface area (Å²) in [5, 5.41) is 3.67. The molecule has 0 unspecified atom stereocenters. The minimum atomic E-state index is 1.10. The molecule has 0 amide bonds. The zero-order valence-electron chi connectivity index (χ0n) is 32.4. The van der Waals surface area contributed by atoms with Gasteiger partial charge in [0.15, 0.2) is 0 Å². The Kier molecular flexibility index (Phi) is 8.49. The Balaban J connectivity index is 1.05. The maximum absolute atomic E-state index is 2.42. The summed E-state index contributed by atoms with van der Waals surface area (Å²) in [5.41, 5.74) is 16.3. The fraction of sp³-hybridized carbons (Fsp3) is 0. The number of para-hydroxylation sites is 4. The van der Waals surface area contributed by atoms with Gasteiger partial charge in [-0.2, -0.15) is 0 Å². The predicted octanol–water partition coefficient (Wildman–Crippen LogP) is 15.2. The monoisotopic (exact) mass is 753 g/mol. The van der Waals surface area contributed by atoms with Crippen LogP contribution in [0.3, 0.4) is 0 Å². The average molecular weight is 754 g/mol. The molecule has 11 aromatic rings. The molecule has 2 aromatic heterocycles. The van der Waals surface area contributed by atoms with Crippen LogP contribution in [-0.2, 0) is 0 Å². The van der Waals surface area contributed by atoms with E-state index in [0.29, 0.717) is 0 Å². The second-order valence-electron chi connectivity index (χ2n) is 15.0. The molecule has 0 N–H and O–H groups in total. The summed E-state index contributed by atoms with van der Waals surface area (Å²) in [6.07, 6.45) is 0. The lowest BCUT2D eigenvalue weighted by molar-refractivity contribution is 1.13. The molecule has 0 aliphatic carbocycles. The van der Waals surface area contributed by atoms with Crippen molar-refractivity contribution in [3.05, 3.63) is 237 Å². The van der Waals surface area contributed by atoms with Gasteiger partial charge in [0.25, 0.3) is 0 Å². The molecule has 9 aromatic carbocycles. The molecule has 0 aliphatic heterocycles. The first-order valence-electron chi connectivity index (χ1n) is 20.2. The number of fused-ring (bicyclic) bond motifs is 4. The summed E-state index contributed by atoms with van der Waals surface area (Å²) in [7, 11) is 0. The molecule has 0 saturated carbocycles. The maximum atomic E-state index is 2.42. The number of aromatic nitrogens is 2. The van der Waals surface area contributed by atoms with Gasteiger partial charge in [0, 0.05) is 50.2 Å². The molecule has 0 radical (unpaired) electrons. The van der Waals surface area contributed by atoms with Crippen LogP contribution in [0.5, 0.6) is 0 Å². The minimum Gasteiger partial charge on any atom is -0.310 e. The van der Waals surface area contributed by atoms with Crippen molar-refractivity contribution in [1.82, 2.24) is 9.13 Å². The van der Waals surface area contributed by atoms with Crippen LogP contribution in [0.25, 0.3) is 77.6 Å². The van der Waals surface area contributed by atoms with Crippen LogP contribution in [0.15, 0.2) is 237 Å². The van der Waals surface area contributed by atoms with Crippen molar-refractivity contribution in [2.75, 3.05) is 4.90 Å². The molecule has 3 nitrogen and oxygen atoms in total. The van der Waals surface area contributed by atoms with E-state index in [4.69, 9.17) is 0 Å². The molecule has 3 heteroatoms. The summed E-state index contributed by atoms with van der Waals surface area (Å²) < 4.78 is 4.79. The molecule has 0 bridgehead atoms. The van der Waals surface area contributed by atoms with Crippen LogP contribution in [0.4, 0.5) is 17.1 Å². The molecule has 0 spiro atoms. The van der Waals surface area contributed by atoms with E-state index in [2.05, 4.69) is 251 Å². The molecule has 59 heavy (non-hydrogen) atoms. The van der Waals surface area contributed by atoms with Crippen molar-refractivity contribution in [3.8, 4) is 44.9 Å². The molecule has 0 atom stereocenters. The van der Waals surface area contributed by atoms with Gasteiger partial charge in [-0.3, -0.25) is 0 Å². The normalized spacial score (nSPS) is 11.4. The van der Waals surface area contributed by atoms with Gasteiger partial charge in [-0.1, -0.05) is 152 Å². The third-order valence-electron chi connectivity index (χ3n) is 11.5. The number of nitrogens with zero attached hydrogens (tertiary/aromatic N) is 3. The lowest BCUT2D eigenvalue weighted by Gasteiger charge is -2.26. The summed E-state index contributed by atoms with van der Waals surface area (Å²) in [5.74, 6) is 0. The topological polar surface area (TPSA) is 13.1 Å². The second-order valence-corrected chi connectivity index (χ2v) is 15.0. The number of rotatable bonds is 8. The van der Waals surface area contributed by atoms with Gasteiger partial charge in [0.2, 0.25) is 0 Å². The lowest BCUT2D eigenvalue weighted by Crippen LogP contribution is -2.09. The van der Waals surface area contributed by atoms with Gasteiger partial charge in [0.1, 0.15) is 0 Å². The van der Waals surface area contributed by atoms with Gasteiger partial charge in [0.05, 0.1) is 22.2 Å². The number of benzene rings is 9. The first kappa shape index (κ1) is 34.4. The third kappa shape index (κ3) is 6.00. The molecule has 11 rings (SSSR count). The van der Waals surface area contributed by atoms with Crippen molar-refractivity contribution >= 4 is 49.8 Å². The lowest BCUT2D eigenvalue weighted by atomic mass is 9.96. The van der Waals surface area contributed by atoms with Gasteiger partial charge >= 0.3 is 0 Å². The van der Waals surface area contributed by atoms with Crippen molar-refractivity contribution in [1.29, 1.82) is 0 Å². The largest absolute Gasteiger partial charge is 0.310 e. The van der Waals surface area contributed by atoms with E-state index in [1.165, 1.54) is 60.7 Å². The van der Waals surface area contributed by atoms with Gasteiger partial charge in [-0.15, -0.1) is 0 Å². The summed E-state index contributed by atoms with van der Waals surface area (Å²) in [6.45, 7) is 0. The Bertz CT molecular complexity index is 3220. The van der Waals surface area contributed by atoms with Crippen molar-refractivity contribution in [3.63, 3.8) is 0 Å². The number of hydrogen-bond acceptors (Lipinski definition) is 1. The molecule has 0 aliphatic rings. The fourth-order valence-corrected chi connectivity index (χ4v) is 8.86. The molecular weight excluding hydrogens is 715 g/mol. The highest BCUT2D eigenvalue weighted by atomic mass is 15.1. The van der Waals surface area contributed by atoms with Crippen LogP contribution in [0.2, 0.25) is 0 Å². The molecule has 278 valence electrons. The summed E-state index contributed by atoms with van der Waals surface area (Å²) >= 11 is 0. The van der Waals surface area contributed by atoms with E-state index in [-0.39, 0.29) is 0 Å². The van der Waals surface area contributed by atoms with Crippen LogP contribution in [0.1, 0.15) is 0 Å². The predicted molar refractivity (Wildman–Crippen MR) is 249 cm³/mol. The average Bonchev–Trinajstić information content (AvgIpc) is 3.84. The smallest absolute Gasteiger partial charge is 0.0619 e. The Morgan fingerprint density at radius 2 is 0.746 bits per heavy atom.